The number of nitrogens with zero attached hydrogens (tertiary/aromatic N) is 1. The van der Waals surface area contributed by atoms with E-state index in [0.29, 0.717) is 0 Å². The van der Waals surface area contributed by atoms with Gasteiger partial charge in [-0.15, -0.1) is 0 Å². The molecule has 0 saturated carbocycles. The van der Waals surface area contributed by atoms with Gasteiger partial charge in [-0.1, -0.05) is 33.9 Å². The molecule has 5 heteroatoms. The molecule has 0 spiro atoms. The predicted octanol–water partition coefficient (Wildman–Crippen LogP) is 2.57. The number of ketones is 1. The lowest BCUT2D eigenvalue weighted by atomic mass is 9.87. The molecule has 1 aliphatic rings. The van der Waals surface area contributed by atoms with Gasteiger partial charge in [0.1, 0.15) is 11.7 Å². The molecule has 1 saturated heterocycles. The number of hydrogen-bond donors (Lipinski definition) is 0. The van der Waals surface area contributed by atoms with Gasteiger partial charge in [0.2, 0.25) is 5.91 Å². The van der Waals surface area contributed by atoms with Crippen LogP contribution in [0.1, 0.15) is 27.7 Å². The molecular formula is C14H25NO3Si. The minimum absolute atomic E-state index is 0.0233. The summed E-state index contributed by atoms with van der Waals surface area (Å²) in [7, 11) is -0.395. The largest absolute Gasteiger partial charge is 0.505 e. The summed E-state index contributed by atoms with van der Waals surface area (Å²) in [5, 5.41) is 0.0591. The highest BCUT2D eigenvalue weighted by Crippen LogP contribution is 2.45. The van der Waals surface area contributed by atoms with Crippen molar-refractivity contribution in [3.63, 3.8) is 0 Å². The Morgan fingerprint density at radius 1 is 1.37 bits per heavy atom. The minimum Gasteiger partial charge on any atom is -0.505 e. The Kier molecular flexibility index (Phi) is 4.29. The summed E-state index contributed by atoms with van der Waals surface area (Å²) in [5.41, 5.74) is 0. The quantitative estimate of drug-likeness (QED) is 0.345. The van der Waals surface area contributed by atoms with Gasteiger partial charge in [-0.05, 0) is 18.0 Å². The van der Waals surface area contributed by atoms with Crippen LogP contribution in [-0.2, 0) is 14.3 Å². The number of Topliss-reactive ketones (excluding diaryl/α,β-unsaturated/α-hetero) is 1. The molecule has 1 fully saturated rings. The molecule has 0 radical (unpaired) electrons. The number of carbonyl (C=O) groups excluding carboxylic acids is 2. The summed E-state index contributed by atoms with van der Waals surface area (Å²) in [6, 6.07) is -0.147. The maximum atomic E-state index is 12.3. The van der Waals surface area contributed by atoms with E-state index in [1.54, 1.807) is 13.4 Å². The molecule has 1 heterocycles. The highest BCUT2D eigenvalue weighted by molar-refractivity contribution is 6.80. The van der Waals surface area contributed by atoms with Gasteiger partial charge in [0.15, 0.2) is 8.24 Å². The molecule has 0 aromatic heterocycles. The first kappa shape index (κ1) is 16.0. The Hall–Kier alpha value is -1.10. The lowest BCUT2D eigenvalue weighted by Gasteiger charge is -2.57. The zero-order valence-electron chi connectivity index (χ0n) is 13.0. The van der Waals surface area contributed by atoms with Crippen molar-refractivity contribution in [2.24, 2.45) is 5.92 Å². The third kappa shape index (κ3) is 2.61. The van der Waals surface area contributed by atoms with Crippen LogP contribution < -0.4 is 0 Å². The molecule has 0 unspecified atom stereocenters. The van der Waals surface area contributed by atoms with Crippen molar-refractivity contribution in [1.29, 1.82) is 0 Å². The average Bonchev–Trinajstić information content (AvgIpc) is 2.20. The molecule has 19 heavy (non-hydrogen) atoms. The van der Waals surface area contributed by atoms with Gasteiger partial charge in [-0.25, -0.2) is 0 Å². The fourth-order valence-corrected chi connectivity index (χ4v) is 4.68. The third-order valence-electron chi connectivity index (χ3n) is 4.43. The van der Waals surface area contributed by atoms with Crippen LogP contribution in [0.4, 0.5) is 0 Å². The second-order valence-electron chi connectivity index (χ2n) is 6.66. The van der Waals surface area contributed by atoms with E-state index in [9.17, 15) is 9.59 Å². The standard InChI is InChI=1S/C14H25NO3Si/c1-10(16)12-11(8-9-18-5)15(13(12)17)19(6,7)14(2,3)4/h8-9,11-12H,1-7H3/b9-8+/t11-,12-/m1/s1. The van der Waals surface area contributed by atoms with Crippen LogP contribution in [0.25, 0.3) is 0 Å². The van der Waals surface area contributed by atoms with Crippen LogP contribution in [0.2, 0.25) is 18.1 Å². The molecular weight excluding hydrogens is 258 g/mol. The van der Waals surface area contributed by atoms with Crippen LogP contribution in [0, 0.1) is 5.92 Å². The number of hydrogen-bond acceptors (Lipinski definition) is 3. The van der Waals surface area contributed by atoms with E-state index in [1.165, 1.54) is 6.92 Å². The van der Waals surface area contributed by atoms with E-state index in [2.05, 4.69) is 33.9 Å². The number of β-lactam (4-membered cyclic amide) rings is 1. The number of rotatable bonds is 4. The fourth-order valence-electron chi connectivity index (χ4n) is 2.29. The summed E-state index contributed by atoms with van der Waals surface area (Å²) in [6.07, 6.45) is 3.39. The van der Waals surface area contributed by atoms with E-state index >= 15 is 0 Å². The van der Waals surface area contributed by atoms with Crippen molar-refractivity contribution in [1.82, 2.24) is 4.57 Å². The molecule has 0 aromatic carbocycles. The molecule has 2 atom stereocenters. The van der Waals surface area contributed by atoms with Crippen molar-refractivity contribution in [3.8, 4) is 0 Å². The lowest BCUT2D eigenvalue weighted by Crippen LogP contribution is -2.73. The Bertz CT molecular complexity index is 409. The van der Waals surface area contributed by atoms with Gasteiger partial charge >= 0.3 is 0 Å². The normalized spacial score (nSPS) is 24.6. The van der Waals surface area contributed by atoms with Crippen LogP contribution in [0.3, 0.4) is 0 Å². The van der Waals surface area contributed by atoms with Gasteiger partial charge in [0.05, 0.1) is 19.4 Å². The van der Waals surface area contributed by atoms with Gasteiger partial charge in [-0.3, -0.25) is 9.59 Å². The number of amides is 1. The molecule has 4 nitrogen and oxygen atoms in total. The van der Waals surface area contributed by atoms with Crippen molar-refractivity contribution >= 4 is 19.9 Å². The number of carbonyl (C=O) groups is 2. The molecule has 108 valence electrons. The Balaban J connectivity index is 3.10. The number of ether oxygens (including phenoxy) is 1. The van der Waals surface area contributed by atoms with Crippen LogP contribution >= 0.6 is 0 Å². The SMILES string of the molecule is CO/C=C/[C@@H]1[C@@H](C(C)=O)C(=O)N1[Si](C)(C)C(C)(C)C. The summed E-state index contributed by atoms with van der Waals surface area (Å²) < 4.78 is 6.88. The molecule has 0 aromatic rings. The molecule has 1 rings (SSSR count). The van der Waals surface area contributed by atoms with E-state index < -0.39 is 14.2 Å². The van der Waals surface area contributed by atoms with Crippen LogP contribution in [-0.4, -0.2) is 37.6 Å². The van der Waals surface area contributed by atoms with Gasteiger partial charge in [-0.2, -0.15) is 0 Å². The van der Waals surface area contributed by atoms with Gasteiger partial charge < -0.3 is 9.30 Å². The predicted molar refractivity (Wildman–Crippen MR) is 78.2 cm³/mol. The van der Waals surface area contributed by atoms with E-state index in [1.807, 2.05) is 10.6 Å². The Labute approximate surface area is 116 Å². The maximum Gasteiger partial charge on any atom is 0.228 e. The van der Waals surface area contributed by atoms with Gasteiger partial charge in [0.25, 0.3) is 0 Å². The van der Waals surface area contributed by atoms with Crippen LogP contribution in [0.15, 0.2) is 12.3 Å². The van der Waals surface area contributed by atoms with Crippen molar-refractivity contribution in [2.75, 3.05) is 7.11 Å². The van der Waals surface area contributed by atoms with Crippen LogP contribution in [0.5, 0.6) is 0 Å². The van der Waals surface area contributed by atoms with Crippen molar-refractivity contribution in [3.05, 3.63) is 12.3 Å². The topological polar surface area (TPSA) is 46.6 Å². The zero-order valence-corrected chi connectivity index (χ0v) is 14.0. The minimum atomic E-state index is -1.96. The van der Waals surface area contributed by atoms with Gasteiger partial charge in [0, 0.05) is 0 Å². The monoisotopic (exact) mass is 283 g/mol. The van der Waals surface area contributed by atoms with E-state index in [-0.39, 0.29) is 22.8 Å². The highest BCUT2D eigenvalue weighted by Gasteiger charge is 2.57. The van der Waals surface area contributed by atoms with E-state index in [0.717, 1.165) is 0 Å². The Morgan fingerprint density at radius 3 is 2.26 bits per heavy atom. The lowest BCUT2D eigenvalue weighted by molar-refractivity contribution is -0.151. The third-order valence-corrected chi connectivity index (χ3v) is 9.82. The molecule has 0 bridgehead atoms. The molecule has 0 aliphatic carbocycles. The van der Waals surface area contributed by atoms with Crippen molar-refractivity contribution in [2.45, 2.75) is 51.9 Å². The smallest absolute Gasteiger partial charge is 0.228 e. The van der Waals surface area contributed by atoms with Crippen molar-refractivity contribution < 1.29 is 14.3 Å². The summed E-state index contributed by atoms with van der Waals surface area (Å²) in [4.78, 5) is 24.0. The van der Waals surface area contributed by atoms with E-state index in [4.69, 9.17) is 4.74 Å². The summed E-state index contributed by atoms with van der Waals surface area (Å²) in [5.74, 6) is -0.615. The summed E-state index contributed by atoms with van der Waals surface area (Å²) >= 11 is 0. The maximum absolute atomic E-state index is 12.3. The number of methoxy groups -OCH3 is 1. The molecule has 0 N–H and O–H groups in total. The highest BCUT2D eigenvalue weighted by atomic mass is 28.3. The zero-order chi connectivity index (χ0) is 15.0. The fraction of sp³-hybridized carbons (Fsp3) is 0.714. The summed E-state index contributed by atoms with van der Waals surface area (Å²) in [6.45, 7) is 12.3. The second kappa shape index (κ2) is 5.11. The first-order valence-electron chi connectivity index (χ1n) is 6.58. The molecule has 1 amide bonds. The Morgan fingerprint density at radius 2 is 1.89 bits per heavy atom. The first-order chi connectivity index (χ1) is 8.55. The molecule has 1 aliphatic heterocycles. The first-order valence-corrected chi connectivity index (χ1v) is 9.53. The average molecular weight is 283 g/mol. The second-order valence-corrected chi connectivity index (χ2v) is 11.8.